The monoisotopic (exact) mass is 901 g/mol. The Morgan fingerprint density at radius 1 is 0.825 bits per heavy atom. The predicted octanol–water partition coefficient (Wildman–Crippen LogP) is -2.55. The van der Waals surface area contributed by atoms with Crippen molar-refractivity contribution in [2.45, 2.75) is 101 Å². The molecule has 1 aliphatic heterocycles. The molecule has 2 aromatic rings. The maximum absolute atomic E-state index is 13.9. The van der Waals surface area contributed by atoms with Crippen molar-refractivity contribution in [1.29, 1.82) is 0 Å². The Hall–Kier alpha value is -5.74. The highest BCUT2D eigenvalue weighted by Crippen LogP contribution is 2.20. The molecule has 0 bridgehead atoms. The highest BCUT2D eigenvalue weighted by atomic mass is 32.1. The van der Waals surface area contributed by atoms with Crippen molar-refractivity contribution in [2.75, 3.05) is 52.6 Å². The van der Waals surface area contributed by atoms with E-state index in [1.54, 1.807) is 0 Å². The summed E-state index contributed by atoms with van der Waals surface area (Å²) in [5.41, 5.74) is 13.0. The van der Waals surface area contributed by atoms with Gasteiger partial charge < -0.3 is 63.3 Å². The molecular formula is C41H63N11O10S. The van der Waals surface area contributed by atoms with E-state index in [0.29, 0.717) is 38.5 Å². The quantitative estimate of drug-likeness (QED) is 0.0312. The summed E-state index contributed by atoms with van der Waals surface area (Å²) in [5.74, 6) is -6.88. The van der Waals surface area contributed by atoms with Crippen LogP contribution in [0.5, 0.6) is 0 Å². The summed E-state index contributed by atoms with van der Waals surface area (Å²) in [6, 6.07) is 1.63. The summed E-state index contributed by atoms with van der Waals surface area (Å²) in [5, 5.41) is 25.5. The number of unbranched alkanes of at least 4 members (excludes halogenated alkanes) is 2. The fourth-order valence-corrected chi connectivity index (χ4v) is 7.37. The number of hydrogen-bond acceptors (Lipinski definition) is 12. The molecule has 1 fully saturated rings. The van der Waals surface area contributed by atoms with E-state index in [0.717, 1.165) is 34.3 Å². The number of benzene rings is 1. The largest absolute Gasteiger partial charge is 0.387 e. The van der Waals surface area contributed by atoms with E-state index in [9.17, 15) is 48.3 Å². The topological polar surface area (TPSA) is 320 Å². The molecule has 0 unspecified atom stereocenters. The number of likely N-dealkylation sites (tertiary alicyclic amines) is 1. The van der Waals surface area contributed by atoms with Gasteiger partial charge in [-0.2, -0.15) is 12.6 Å². The summed E-state index contributed by atoms with van der Waals surface area (Å²) in [6.45, 7) is -0.335. The van der Waals surface area contributed by atoms with Crippen molar-refractivity contribution < 1.29 is 48.3 Å². The van der Waals surface area contributed by atoms with Crippen LogP contribution in [0.4, 0.5) is 0 Å². The van der Waals surface area contributed by atoms with Gasteiger partial charge in [-0.25, -0.2) is 0 Å². The van der Waals surface area contributed by atoms with Crippen molar-refractivity contribution in [3.8, 4) is 0 Å². The van der Waals surface area contributed by atoms with Gasteiger partial charge in [-0.3, -0.25) is 43.2 Å². The smallest absolute Gasteiger partial charge is 0.246 e. The van der Waals surface area contributed by atoms with E-state index in [-0.39, 0.29) is 44.0 Å². The van der Waals surface area contributed by atoms with Crippen LogP contribution in [0.3, 0.4) is 0 Å². The second-order valence-electron chi connectivity index (χ2n) is 15.7. The first-order valence-electron chi connectivity index (χ1n) is 21.1. The lowest BCUT2D eigenvalue weighted by Crippen LogP contribution is -2.58. The van der Waals surface area contributed by atoms with Crippen LogP contribution in [0, 0.1) is 0 Å². The fraction of sp³-hybridized carbons (Fsp3) is 0.585. The van der Waals surface area contributed by atoms with Crippen LogP contribution in [0.2, 0.25) is 0 Å². The molecule has 3 rings (SSSR count). The number of rotatable bonds is 28. The molecule has 1 aromatic heterocycles. The van der Waals surface area contributed by atoms with Gasteiger partial charge in [0, 0.05) is 42.4 Å². The first-order chi connectivity index (χ1) is 30.0. The molecule has 9 amide bonds. The number of nitrogens with two attached hydrogens (primary N) is 2. The number of primary amides is 2. The second-order valence-corrected chi connectivity index (χ2v) is 16.0. The number of aryl methyl sites for hydroxylation is 1. The summed E-state index contributed by atoms with van der Waals surface area (Å²) in [7, 11) is 3.82. The Morgan fingerprint density at radius 3 is 2.19 bits per heavy atom. The van der Waals surface area contributed by atoms with Gasteiger partial charge in [-0.15, -0.1) is 0 Å². The number of fused-ring (bicyclic) bond motifs is 1. The molecule has 2 heterocycles. The first-order valence-corrected chi connectivity index (χ1v) is 21.7. The molecule has 0 aliphatic carbocycles. The average molecular weight is 902 g/mol. The van der Waals surface area contributed by atoms with E-state index in [2.05, 4.69) is 49.5 Å². The lowest BCUT2D eigenvalue weighted by molar-refractivity contribution is -0.142. The zero-order chi connectivity index (χ0) is 46.5. The van der Waals surface area contributed by atoms with Gasteiger partial charge in [-0.1, -0.05) is 18.2 Å². The number of para-hydroxylation sites is 1. The second kappa shape index (κ2) is 26.7. The number of nitrogens with one attached hydrogen (secondary N) is 7. The maximum Gasteiger partial charge on any atom is 0.246 e. The van der Waals surface area contributed by atoms with Gasteiger partial charge >= 0.3 is 0 Å². The number of thiol groups is 1. The molecule has 21 nitrogen and oxygen atoms in total. The molecule has 1 aromatic carbocycles. The highest BCUT2D eigenvalue weighted by Gasteiger charge is 2.38. The molecule has 348 valence electrons. The Bertz CT molecular complexity index is 1910. The zero-order valence-electron chi connectivity index (χ0n) is 35.9. The predicted molar refractivity (Wildman–Crippen MR) is 235 cm³/mol. The number of H-pyrrole nitrogens is 1. The number of aromatic nitrogens is 1. The number of hydrogen-bond donors (Lipinski definition) is 11. The summed E-state index contributed by atoms with van der Waals surface area (Å²) in [6.07, 6.45) is 5.05. The van der Waals surface area contributed by atoms with Crippen LogP contribution >= 0.6 is 12.6 Å². The molecule has 0 radical (unpaired) electrons. The Labute approximate surface area is 371 Å². The number of nitrogens with zero attached hydrogens (tertiary/aromatic N) is 2. The molecule has 12 N–H and O–H groups in total. The molecule has 1 saturated heterocycles. The number of aliphatic hydroxyl groups is 1. The van der Waals surface area contributed by atoms with Gasteiger partial charge in [0.2, 0.25) is 53.2 Å². The molecule has 63 heavy (non-hydrogen) atoms. The average Bonchev–Trinajstić information content (AvgIpc) is 3.92. The molecule has 22 heteroatoms. The summed E-state index contributed by atoms with van der Waals surface area (Å²) >= 11 is 4.15. The van der Waals surface area contributed by atoms with Crippen LogP contribution in [0.15, 0.2) is 30.5 Å². The van der Waals surface area contributed by atoms with Gasteiger partial charge in [0.25, 0.3) is 0 Å². The zero-order valence-corrected chi connectivity index (χ0v) is 36.8. The Kier molecular flexibility index (Phi) is 21.8. The van der Waals surface area contributed by atoms with Gasteiger partial charge in [0.15, 0.2) is 0 Å². The summed E-state index contributed by atoms with van der Waals surface area (Å²) in [4.78, 5) is 122. The lowest BCUT2D eigenvalue weighted by atomic mass is 10.1. The van der Waals surface area contributed by atoms with Crippen LogP contribution < -0.4 is 43.4 Å². The van der Waals surface area contributed by atoms with Crippen molar-refractivity contribution in [3.63, 3.8) is 0 Å². The van der Waals surface area contributed by atoms with E-state index in [4.69, 9.17) is 11.5 Å². The Morgan fingerprint density at radius 2 is 1.51 bits per heavy atom. The number of carbonyl (C=O) groups is 9. The van der Waals surface area contributed by atoms with Crippen LogP contribution in [-0.4, -0.2) is 156 Å². The number of carbonyl (C=O) groups excluding carboxylic acids is 9. The Balaban J connectivity index is 1.60. The van der Waals surface area contributed by atoms with Crippen LogP contribution in [-0.2, 0) is 49.6 Å². The van der Waals surface area contributed by atoms with Crippen LogP contribution in [0.25, 0.3) is 10.9 Å². The maximum atomic E-state index is 13.9. The third-order valence-corrected chi connectivity index (χ3v) is 10.9. The molecule has 0 saturated carbocycles. The van der Waals surface area contributed by atoms with Crippen molar-refractivity contribution >= 4 is 76.7 Å². The SMILES string of the molecule is CN(C)CCCC[C@H](NC(=O)CNC(=O)[C@H](CS)NC(=O)C[C@H](NC(=O)[C@H](CCCCNC(=O)CCc1c[nH]c2ccccc12)NC(=O)CO)C(=O)N1CCC[C@H]1C(N)=O)C(N)=O. The van der Waals surface area contributed by atoms with Crippen molar-refractivity contribution in [2.24, 2.45) is 11.5 Å². The van der Waals surface area contributed by atoms with Gasteiger partial charge in [-0.05, 0) is 90.1 Å². The number of aromatic amines is 1. The first kappa shape index (κ1) is 51.6. The molecule has 1 aliphatic rings. The van der Waals surface area contributed by atoms with Crippen LogP contribution in [0.1, 0.15) is 69.8 Å². The standard InChI is InChI=1S/C41H63N11O10S/c1-51(2)18-8-6-12-28(37(42)58)47-35(56)22-46-39(60)31(24-63)49-34(55)20-30(41(62)52-19-9-14-32(52)38(43)59)50-40(61)29(48-36(57)23-53)13-5-7-17-44-33(54)16-15-25-21-45-27-11-4-3-10-26(25)27/h3-4,10-11,21,28-32,45,53,63H,5-9,12-20,22-24H2,1-2H3,(H2,42,58)(H2,43,59)(H,44,54)(H,46,60)(H,47,56)(H,48,57)(H,49,55)(H,50,61)/t28-,29-,30-,31-,32-/m0/s1. The van der Waals surface area contributed by atoms with E-state index in [1.807, 2.05) is 49.5 Å². The summed E-state index contributed by atoms with van der Waals surface area (Å²) < 4.78 is 0. The normalized spacial score (nSPS) is 15.4. The fourth-order valence-electron chi connectivity index (χ4n) is 7.11. The van der Waals surface area contributed by atoms with Crippen molar-refractivity contribution in [1.82, 2.24) is 46.7 Å². The van der Waals surface area contributed by atoms with E-state index < -0.39 is 97.0 Å². The molecular weight excluding hydrogens is 839 g/mol. The lowest BCUT2D eigenvalue weighted by Gasteiger charge is -2.29. The van der Waals surface area contributed by atoms with Crippen molar-refractivity contribution in [3.05, 3.63) is 36.0 Å². The van der Waals surface area contributed by atoms with E-state index in [1.165, 1.54) is 0 Å². The highest BCUT2D eigenvalue weighted by molar-refractivity contribution is 7.80. The van der Waals surface area contributed by atoms with E-state index >= 15 is 0 Å². The minimum Gasteiger partial charge on any atom is -0.387 e. The third-order valence-electron chi connectivity index (χ3n) is 10.5. The molecule has 5 atom stereocenters. The number of amides is 9. The minimum atomic E-state index is -1.60. The number of aliphatic hydroxyl groups excluding tert-OH is 1. The molecule has 0 spiro atoms. The third kappa shape index (κ3) is 17.5. The minimum absolute atomic E-state index is 0.0234. The van der Waals surface area contributed by atoms with Gasteiger partial charge in [0.1, 0.15) is 36.8 Å². The van der Waals surface area contributed by atoms with Gasteiger partial charge in [0.05, 0.1) is 13.0 Å².